The second-order valence-corrected chi connectivity index (χ2v) is 8.17. The summed E-state index contributed by atoms with van der Waals surface area (Å²) >= 11 is 0. The van der Waals surface area contributed by atoms with E-state index in [-0.39, 0.29) is 6.10 Å². The SMILES string of the molecule is OC(c1ccccc1)C1CCN(CCCCCn2nnc(-c3ccccc3)n2)CC1. The number of rotatable bonds is 9. The van der Waals surface area contributed by atoms with Gasteiger partial charge in [0.25, 0.3) is 0 Å². The third kappa shape index (κ3) is 5.52. The number of unbranched alkanes of at least 4 members (excludes halogenated alkanes) is 2. The predicted octanol–water partition coefficient (Wildman–Crippen LogP) is 3.96. The van der Waals surface area contributed by atoms with E-state index in [1.54, 1.807) is 4.80 Å². The number of benzene rings is 2. The van der Waals surface area contributed by atoms with Gasteiger partial charge < -0.3 is 10.0 Å². The highest BCUT2D eigenvalue weighted by Gasteiger charge is 2.25. The van der Waals surface area contributed by atoms with Gasteiger partial charge in [-0.2, -0.15) is 4.80 Å². The average Bonchev–Trinajstić information content (AvgIpc) is 3.29. The van der Waals surface area contributed by atoms with Gasteiger partial charge >= 0.3 is 0 Å². The summed E-state index contributed by atoms with van der Waals surface area (Å²) < 4.78 is 0. The normalized spacial score (nSPS) is 16.6. The zero-order valence-corrected chi connectivity index (χ0v) is 17.5. The first-order chi connectivity index (χ1) is 14.8. The fraction of sp³-hybridized carbons (Fsp3) is 0.458. The Balaban J connectivity index is 1.12. The monoisotopic (exact) mass is 405 g/mol. The summed E-state index contributed by atoms with van der Waals surface area (Å²) in [6.45, 7) is 4.11. The number of likely N-dealkylation sites (tertiary alicyclic amines) is 1. The minimum atomic E-state index is -0.329. The predicted molar refractivity (Wildman–Crippen MR) is 118 cm³/mol. The smallest absolute Gasteiger partial charge is 0.204 e. The van der Waals surface area contributed by atoms with E-state index in [9.17, 15) is 5.11 Å². The van der Waals surface area contributed by atoms with E-state index in [0.29, 0.717) is 11.7 Å². The lowest BCUT2D eigenvalue weighted by Gasteiger charge is -2.34. The number of piperidine rings is 1. The zero-order chi connectivity index (χ0) is 20.6. The van der Waals surface area contributed by atoms with E-state index in [4.69, 9.17) is 0 Å². The quantitative estimate of drug-likeness (QED) is 0.546. The van der Waals surface area contributed by atoms with Gasteiger partial charge in [0.05, 0.1) is 12.6 Å². The number of aromatic nitrogens is 4. The maximum absolute atomic E-state index is 10.6. The van der Waals surface area contributed by atoms with Gasteiger partial charge in [-0.1, -0.05) is 67.1 Å². The highest BCUT2D eigenvalue weighted by atomic mass is 16.3. The molecular weight excluding hydrogens is 374 g/mol. The molecule has 2 aromatic carbocycles. The molecule has 0 radical (unpaired) electrons. The minimum Gasteiger partial charge on any atom is -0.388 e. The second-order valence-electron chi connectivity index (χ2n) is 8.17. The molecule has 1 aliphatic rings. The van der Waals surface area contributed by atoms with Crippen LogP contribution >= 0.6 is 0 Å². The van der Waals surface area contributed by atoms with Crippen molar-refractivity contribution in [2.24, 2.45) is 5.92 Å². The van der Waals surface area contributed by atoms with Gasteiger partial charge in [0.15, 0.2) is 0 Å². The molecular formula is C24H31N5O. The Kier molecular flexibility index (Phi) is 7.21. The third-order valence-electron chi connectivity index (χ3n) is 6.04. The van der Waals surface area contributed by atoms with Gasteiger partial charge in [-0.25, -0.2) is 0 Å². The van der Waals surface area contributed by atoms with Crippen molar-refractivity contribution in [2.45, 2.75) is 44.8 Å². The van der Waals surface area contributed by atoms with Crippen molar-refractivity contribution >= 4 is 0 Å². The molecule has 1 fully saturated rings. The highest BCUT2D eigenvalue weighted by molar-refractivity contribution is 5.52. The fourth-order valence-electron chi connectivity index (χ4n) is 4.22. The van der Waals surface area contributed by atoms with E-state index >= 15 is 0 Å². The Bertz CT molecular complexity index is 875. The Morgan fingerprint density at radius 1 is 0.867 bits per heavy atom. The number of aliphatic hydroxyl groups is 1. The van der Waals surface area contributed by atoms with Crippen molar-refractivity contribution in [1.29, 1.82) is 0 Å². The number of aryl methyl sites for hydroxylation is 1. The van der Waals surface area contributed by atoms with Crippen molar-refractivity contribution in [3.63, 3.8) is 0 Å². The Morgan fingerprint density at radius 2 is 1.53 bits per heavy atom. The lowest BCUT2D eigenvalue weighted by molar-refractivity contribution is 0.0584. The first kappa shape index (κ1) is 20.7. The summed E-state index contributed by atoms with van der Waals surface area (Å²) in [5, 5.41) is 23.4. The summed E-state index contributed by atoms with van der Waals surface area (Å²) in [6.07, 6.45) is 5.22. The molecule has 1 saturated heterocycles. The van der Waals surface area contributed by atoms with Crippen LogP contribution in [0.5, 0.6) is 0 Å². The molecule has 0 spiro atoms. The van der Waals surface area contributed by atoms with Crippen LogP contribution in [0, 0.1) is 5.92 Å². The van der Waals surface area contributed by atoms with Crippen LogP contribution in [-0.4, -0.2) is 49.8 Å². The molecule has 0 bridgehead atoms. The van der Waals surface area contributed by atoms with Gasteiger partial charge in [-0.05, 0) is 62.0 Å². The minimum absolute atomic E-state index is 0.329. The number of hydrogen-bond donors (Lipinski definition) is 1. The van der Waals surface area contributed by atoms with Gasteiger partial charge in [-0.3, -0.25) is 0 Å². The van der Waals surface area contributed by atoms with Crippen LogP contribution in [0.15, 0.2) is 60.7 Å². The lowest BCUT2D eigenvalue weighted by Crippen LogP contribution is -2.36. The number of tetrazole rings is 1. The van der Waals surface area contributed by atoms with Crippen LogP contribution in [0.3, 0.4) is 0 Å². The molecule has 6 nitrogen and oxygen atoms in total. The van der Waals surface area contributed by atoms with Gasteiger partial charge in [-0.15, -0.1) is 10.2 Å². The molecule has 1 aliphatic heterocycles. The number of nitrogens with zero attached hydrogens (tertiary/aromatic N) is 5. The second kappa shape index (κ2) is 10.5. The first-order valence-corrected chi connectivity index (χ1v) is 11.1. The number of hydrogen-bond acceptors (Lipinski definition) is 5. The van der Waals surface area contributed by atoms with Crippen molar-refractivity contribution in [3.8, 4) is 11.4 Å². The van der Waals surface area contributed by atoms with Crippen LogP contribution in [0.2, 0.25) is 0 Å². The van der Waals surface area contributed by atoms with Crippen LogP contribution in [0.4, 0.5) is 0 Å². The Morgan fingerprint density at radius 3 is 2.27 bits per heavy atom. The zero-order valence-electron chi connectivity index (χ0n) is 17.5. The van der Waals surface area contributed by atoms with Gasteiger partial charge in [0.2, 0.25) is 5.82 Å². The van der Waals surface area contributed by atoms with Gasteiger partial charge in [0.1, 0.15) is 0 Å². The van der Waals surface area contributed by atoms with Crippen molar-refractivity contribution in [3.05, 3.63) is 66.2 Å². The molecule has 4 rings (SSSR count). The molecule has 0 amide bonds. The van der Waals surface area contributed by atoms with Gasteiger partial charge in [0, 0.05) is 5.56 Å². The molecule has 1 unspecified atom stereocenters. The van der Waals surface area contributed by atoms with Crippen molar-refractivity contribution in [2.75, 3.05) is 19.6 Å². The molecule has 3 aromatic rings. The lowest BCUT2D eigenvalue weighted by atomic mass is 9.87. The topological polar surface area (TPSA) is 67.1 Å². The molecule has 6 heteroatoms. The molecule has 1 aromatic heterocycles. The van der Waals surface area contributed by atoms with E-state index in [0.717, 1.165) is 63.0 Å². The third-order valence-corrected chi connectivity index (χ3v) is 6.04. The standard InChI is InChI=1S/C24H31N5O/c30-23(20-10-4-1-5-11-20)21-14-18-28(19-15-21)16-8-3-9-17-29-26-24(25-27-29)22-12-6-2-7-13-22/h1-2,4-7,10-13,21,23,30H,3,8-9,14-19H2. The molecule has 1 atom stereocenters. The average molecular weight is 406 g/mol. The van der Waals surface area contributed by atoms with Crippen LogP contribution in [0.1, 0.15) is 43.8 Å². The number of aliphatic hydroxyl groups excluding tert-OH is 1. The summed E-state index contributed by atoms with van der Waals surface area (Å²) in [5.74, 6) is 1.07. The summed E-state index contributed by atoms with van der Waals surface area (Å²) in [6, 6.07) is 20.0. The fourth-order valence-corrected chi connectivity index (χ4v) is 4.22. The van der Waals surface area contributed by atoms with E-state index in [1.165, 1.54) is 6.42 Å². The van der Waals surface area contributed by atoms with Crippen LogP contribution in [0.25, 0.3) is 11.4 Å². The van der Waals surface area contributed by atoms with Crippen LogP contribution in [-0.2, 0) is 6.54 Å². The summed E-state index contributed by atoms with van der Waals surface area (Å²) in [7, 11) is 0. The van der Waals surface area contributed by atoms with Crippen molar-refractivity contribution < 1.29 is 5.11 Å². The largest absolute Gasteiger partial charge is 0.388 e. The summed E-state index contributed by atoms with van der Waals surface area (Å²) in [4.78, 5) is 4.24. The van der Waals surface area contributed by atoms with Crippen LogP contribution < -0.4 is 0 Å². The first-order valence-electron chi connectivity index (χ1n) is 11.1. The van der Waals surface area contributed by atoms with E-state index in [1.807, 2.05) is 60.7 Å². The molecule has 0 aliphatic carbocycles. The Hall–Kier alpha value is -2.57. The molecule has 0 saturated carbocycles. The summed E-state index contributed by atoms with van der Waals surface area (Å²) in [5.41, 5.74) is 2.05. The van der Waals surface area contributed by atoms with Crippen molar-refractivity contribution in [1.82, 2.24) is 25.1 Å². The maximum Gasteiger partial charge on any atom is 0.204 e. The molecule has 158 valence electrons. The molecule has 30 heavy (non-hydrogen) atoms. The van der Waals surface area contributed by atoms with E-state index in [2.05, 4.69) is 20.3 Å². The maximum atomic E-state index is 10.6. The van der Waals surface area contributed by atoms with E-state index < -0.39 is 0 Å². The molecule has 2 heterocycles. The molecule has 1 N–H and O–H groups in total. The Labute approximate surface area is 178 Å². The highest BCUT2D eigenvalue weighted by Crippen LogP contribution is 2.30.